The first-order valence-corrected chi connectivity index (χ1v) is 16.3. The van der Waals surface area contributed by atoms with Gasteiger partial charge in [-0.15, -0.1) is 0 Å². The average Bonchev–Trinajstić information content (AvgIpc) is 2.99. The number of amides is 1. The minimum Gasteiger partial charge on any atom is -0.444 e. The molecule has 1 amide bonds. The molecule has 0 aliphatic carbocycles. The van der Waals surface area contributed by atoms with Gasteiger partial charge in [-0.2, -0.15) is 4.31 Å². The van der Waals surface area contributed by atoms with Crippen molar-refractivity contribution in [3.8, 4) is 5.75 Å². The number of nitrogens with one attached hydrogen (secondary N) is 1. The molecule has 16 heteroatoms. The number of non-ortho nitro benzene ring substituents is 2. The first-order valence-electron chi connectivity index (χ1n) is 14.9. The van der Waals surface area contributed by atoms with Crippen molar-refractivity contribution in [2.45, 2.75) is 63.7 Å². The lowest BCUT2D eigenvalue weighted by atomic mass is 10.0. The summed E-state index contributed by atoms with van der Waals surface area (Å²) in [5.74, 6) is -0.307. The third-order valence-corrected chi connectivity index (χ3v) is 8.43. The van der Waals surface area contributed by atoms with Crippen molar-refractivity contribution in [1.29, 1.82) is 0 Å². The van der Waals surface area contributed by atoms with E-state index in [9.17, 15) is 38.2 Å². The predicted molar refractivity (Wildman–Crippen MR) is 174 cm³/mol. The van der Waals surface area contributed by atoms with E-state index in [2.05, 4.69) is 5.32 Å². The minimum atomic E-state index is -4.33. The third-order valence-electron chi connectivity index (χ3n) is 6.58. The molecule has 0 bridgehead atoms. The van der Waals surface area contributed by atoms with Crippen molar-refractivity contribution in [3.05, 3.63) is 105 Å². The van der Waals surface area contributed by atoms with Gasteiger partial charge in [-0.25, -0.2) is 18.0 Å². The van der Waals surface area contributed by atoms with Crippen LogP contribution in [0.3, 0.4) is 0 Å². The van der Waals surface area contributed by atoms with Crippen molar-refractivity contribution in [2.24, 2.45) is 5.92 Å². The molecule has 1 N–H and O–H groups in total. The Morgan fingerprint density at radius 3 is 1.90 bits per heavy atom. The van der Waals surface area contributed by atoms with Gasteiger partial charge in [-0.1, -0.05) is 44.2 Å². The van der Waals surface area contributed by atoms with Crippen molar-refractivity contribution in [1.82, 2.24) is 9.62 Å². The largest absolute Gasteiger partial charge is 0.514 e. The summed E-state index contributed by atoms with van der Waals surface area (Å²) in [7, 11) is -4.33. The molecule has 0 saturated heterocycles. The molecule has 0 saturated carbocycles. The number of sulfonamides is 1. The lowest BCUT2D eigenvalue weighted by Gasteiger charge is -2.33. The van der Waals surface area contributed by atoms with Gasteiger partial charge in [-0.3, -0.25) is 20.2 Å². The molecule has 0 unspecified atom stereocenters. The number of nitro groups is 2. The fraction of sp³-hybridized carbons (Fsp3) is 0.375. The zero-order valence-corrected chi connectivity index (χ0v) is 27.9. The van der Waals surface area contributed by atoms with Crippen LogP contribution in [-0.4, -0.2) is 65.7 Å². The summed E-state index contributed by atoms with van der Waals surface area (Å²) in [5, 5.41) is 24.9. The summed E-state index contributed by atoms with van der Waals surface area (Å²) in [6.45, 7) is 8.01. The van der Waals surface area contributed by atoms with Gasteiger partial charge in [0.15, 0.2) is 0 Å². The fourth-order valence-electron chi connectivity index (χ4n) is 4.50. The number of ether oxygens (including phenoxy) is 3. The molecular formula is C32H38N4O11S. The van der Waals surface area contributed by atoms with E-state index in [1.54, 1.807) is 65.0 Å². The van der Waals surface area contributed by atoms with Crippen molar-refractivity contribution >= 4 is 33.6 Å². The lowest BCUT2D eigenvalue weighted by Crippen LogP contribution is -2.53. The molecule has 258 valence electrons. The summed E-state index contributed by atoms with van der Waals surface area (Å²) in [6.07, 6.45) is -3.43. The molecule has 3 aromatic carbocycles. The van der Waals surface area contributed by atoms with Gasteiger partial charge in [0.05, 0.1) is 27.3 Å². The summed E-state index contributed by atoms with van der Waals surface area (Å²) in [5.41, 5.74) is -0.720. The van der Waals surface area contributed by atoms with Crippen LogP contribution in [0, 0.1) is 26.1 Å². The highest BCUT2D eigenvalue weighted by Crippen LogP contribution is 2.24. The zero-order valence-electron chi connectivity index (χ0n) is 27.1. The highest BCUT2D eigenvalue weighted by Gasteiger charge is 2.36. The third kappa shape index (κ3) is 11.3. The number of rotatable bonds is 14. The van der Waals surface area contributed by atoms with Crippen LogP contribution in [0.25, 0.3) is 0 Å². The number of nitro benzene ring substituents is 2. The molecule has 0 aliphatic rings. The van der Waals surface area contributed by atoms with Crippen LogP contribution < -0.4 is 10.1 Å². The number of nitrogens with zero attached hydrogens (tertiary/aromatic N) is 3. The molecule has 48 heavy (non-hydrogen) atoms. The molecule has 15 nitrogen and oxygen atoms in total. The smallest absolute Gasteiger partial charge is 0.444 e. The highest BCUT2D eigenvalue weighted by atomic mass is 32.2. The van der Waals surface area contributed by atoms with E-state index < -0.39 is 56.4 Å². The summed E-state index contributed by atoms with van der Waals surface area (Å²) in [6, 6.07) is 16.8. The van der Waals surface area contributed by atoms with Crippen LogP contribution in [0.5, 0.6) is 5.75 Å². The van der Waals surface area contributed by atoms with E-state index in [0.717, 1.165) is 40.7 Å². The number of hydrogen-bond donors (Lipinski definition) is 1. The second-order valence-electron chi connectivity index (χ2n) is 12.2. The summed E-state index contributed by atoms with van der Waals surface area (Å²) < 4.78 is 45.4. The Bertz CT molecular complexity index is 1680. The van der Waals surface area contributed by atoms with E-state index >= 15 is 0 Å². The van der Waals surface area contributed by atoms with Crippen molar-refractivity contribution in [3.63, 3.8) is 0 Å². The van der Waals surface area contributed by atoms with E-state index in [-0.39, 0.29) is 40.9 Å². The number of hydrogen-bond acceptors (Lipinski definition) is 11. The molecule has 2 atom stereocenters. The molecule has 0 aliphatic heterocycles. The summed E-state index contributed by atoms with van der Waals surface area (Å²) >= 11 is 0. The van der Waals surface area contributed by atoms with Gasteiger partial charge in [0.1, 0.15) is 17.5 Å². The van der Waals surface area contributed by atoms with Crippen LogP contribution in [0.2, 0.25) is 0 Å². The van der Waals surface area contributed by atoms with Crippen LogP contribution in [0.15, 0.2) is 83.8 Å². The standard InChI is InChI=1S/C32H38N4O11S/c1-22(2)20-34(48(43,44)27-17-13-25(14-18-27)36(41)42)21-29(46-31(38)45-26-15-11-24(12-16-26)35(39)40)28(19-23-9-7-6-8-10-23)33-30(37)47-32(3,4)5/h6-18,22,28-29H,19-21H2,1-5H3,(H,33,37)/t28-,29-/m0/s1. The van der Waals surface area contributed by atoms with Crippen LogP contribution in [0.1, 0.15) is 40.2 Å². The molecule has 0 aromatic heterocycles. The first kappa shape index (κ1) is 37.4. The number of alkyl carbamates (subject to hydrolysis) is 1. The van der Waals surface area contributed by atoms with E-state index in [4.69, 9.17) is 14.2 Å². The molecule has 0 radical (unpaired) electrons. The highest BCUT2D eigenvalue weighted by molar-refractivity contribution is 7.89. The topological polar surface area (TPSA) is 198 Å². The van der Waals surface area contributed by atoms with Crippen LogP contribution in [0.4, 0.5) is 21.0 Å². The maximum atomic E-state index is 14.0. The Morgan fingerprint density at radius 1 is 0.854 bits per heavy atom. The maximum Gasteiger partial charge on any atom is 0.514 e. The van der Waals surface area contributed by atoms with Gasteiger partial charge in [0, 0.05) is 30.8 Å². The second-order valence-corrected chi connectivity index (χ2v) is 14.1. The Kier molecular flexibility index (Phi) is 12.6. The Morgan fingerprint density at radius 2 is 1.40 bits per heavy atom. The van der Waals surface area contributed by atoms with Gasteiger partial charge in [0.25, 0.3) is 11.4 Å². The zero-order chi connectivity index (χ0) is 35.6. The van der Waals surface area contributed by atoms with Gasteiger partial charge >= 0.3 is 12.2 Å². The van der Waals surface area contributed by atoms with Crippen molar-refractivity contribution < 1.29 is 42.1 Å². The van der Waals surface area contributed by atoms with Gasteiger partial charge < -0.3 is 19.5 Å². The molecule has 0 spiro atoms. The average molecular weight is 687 g/mol. The maximum absolute atomic E-state index is 14.0. The summed E-state index contributed by atoms with van der Waals surface area (Å²) in [4.78, 5) is 46.9. The quantitative estimate of drug-likeness (QED) is 0.0921. The van der Waals surface area contributed by atoms with E-state index in [1.807, 2.05) is 0 Å². The number of carbonyl (C=O) groups is 2. The number of benzene rings is 3. The van der Waals surface area contributed by atoms with Crippen LogP contribution in [-0.2, 0) is 25.9 Å². The number of carbonyl (C=O) groups excluding carboxylic acids is 2. The lowest BCUT2D eigenvalue weighted by molar-refractivity contribution is -0.385. The molecular weight excluding hydrogens is 648 g/mol. The van der Waals surface area contributed by atoms with E-state index in [1.165, 1.54) is 12.1 Å². The van der Waals surface area contributed by atoms with Crippen LogP contribution >= 0.6 is 0 Å². The predicted octanol–water partition coefficient (Wildman–Crippen LogP) is 5.87. The first-order chi connectivity index (χ1) is 22.4. The monoisotopic (exact) mass is 686 g/mol. The Labute approximate surface area is 278 Å². The second kappa shape index (κ2) is 16.1. The molecule has 0 fully saturated rings. The SMILES string of the molecule is CC(C)CN(C[C@H](OC(=O)Oc1ccc([N+](=O)[O-])cc1)[C@H](Cc1ccccc1)NC(=O)OC(C)(C)C)S(=O)(=O)c1ccc([N+](=O)[O-])cc1. The molecule has 3 rings (SSSR count). The van der Waals surface area contributed by atoms with Gasteiger partial charge in [-0.05, 0) is 62.9 Å². The minimum absolute atomic E-state index is 0.0545. The normalized spacial score (nSPS) is 13.0. The van der Waals surface area contributed by atoms with E-state index in [0.29, 0.717) is 5.56 Å². The Balaban J connectivity index is 2.05. The molecule has 3 aromatic rings. The fourth-order valence-corrected chi connectivity index (χ4v) is 6.11. The van der Waals surface area contributed by atoms with Gasteiger partial charge in [0.2, 0.25) is 10.0 Å². The van der Waals surface area contributed by atoms with Crippen molar-refractivity contribution in [2.75, 3.05) is 13.1 Å². The Hall–Kier alpha value is -5.09. The molecule has 0 heterocycles.